The van der Waals surface area contributed by atoms with Gasteiger partial charge in [0.25, 0.3) is 0 Å². The summed E-state index contributed by atoms with van der Waals surface area (Å²) in [6.07, 6.45) is -1.02. The van der Waals surface area contributed by atoms with Gasteiger partial charge in [-0.3, -0.25) is 4.79 Å². The van der Waals surface area contributed by atoms with E-state index >= 15 is 0 Å². The zero-order chi connectivity index (χ0) is 7.02. The highest BCUT2D eigenvalue weighted by Crippen LogP contribution is 2.30. The van der Waals surface area contributed by atoms with Crippen molar-refractivity contribution in [3.05, 3.63) is 0 Å². The van der Waals surface area contributed by atoms with Crippen LogP contribution in [-0.4, -0.2) is 33.2 Å². The number of hydrogen-bond acceptors (Lipinski definition) is 4. The molecule has 2 atom stereocenters. The van der Waals surface area contributed by atoms with E-state index in [0.29, 0.717) is 0 Å². The van der Waals surface area contributed by atoms with Gasteiger partial charge in [-0.2, -0.15) is 0 Å². The number of likely N-dealkylation sites (N-methyl/N-ethyl adjacent to an activating group) is 1. The molecule has 0 spiro atoms. The minimum Gasteiger partial charge on any atom is -0.370 e. The maximum atomic E-state index is 10.7. The lowest BCUT2D eigenvalue weighted by Gasteiger charge is -2.07. The lowest BCUT2D eigenvalue weighted by Crippen LogP contribution is -2.27. The third kappa shape index (κ3) is 1.77. The summed E-state index contributed by atoms with van der Waals surface area (Å²) in [5.41, 5.74) is 0. The van der Waals surface area contributed by atoms with Crippen molar-refractivity contribution >= 4 is 41.7 Å². The number of rotatable bonds is 0. The Kier molecular flexibility index (Phi) is 3.98. The Morgan fingerprint density at radius 3 is 2.40 bits per heavy atom. The SMILES string of the molecule is CN1SC(Cl)C(=O)C1O.Cl. The predicted molar refractivity (Wildman–Crippen MR) is 43.3 cm³/mol. The van der Waals surface area contributed by atoms with Gasteiger partial charge in [0.05, 0.1) is 0 Å². The van der Waals surface area contributed by atoms with Crippen molar-refractivity contribution in [2.75, 3.05) is 7.05 Å². The Morgan fingerprint density at radius 2 is 2.30 bits per heavy atom. The van der Waals surface area contributed by atoms with Crippen LogP contribution in [0.5, 0.6) is 0 Å². The fourth-order valence-electron chi connectivity index (χ4n) is 0.552. The second-order valence-electron chi connectivity index (χ2n) is 1.74. The summed E-state index contributed by atoms with van der Waals surface area (Å²) in [6.45, 7) is 0. The molecule has 0 aromatic rings. The molecule has 60 valence electrons. The van der Waals surface area contributed by atoms with Crippen molar-refractivity contribution in [2.45, 2.75) is 10.9 Å². The molecule has 1 aliphatic rings. The van der Waals surface area contributed by atoms with Crippen LogP contribution in [-0.2, 0) is 4.79 Å². The Hall–Kier alpha value is 0.520. The molecular formula is C4H7Cl2NO2S. The second-order valence-corrected chi connectivity index (χ2v) is 3.70. The van der Waals surface area contributed by atoms with Gasteiger partial charge in [0, 0.05) is 7.05 Å². The van der Waals surface area contributed by atoms with Crippen LogP contribution in [0.2, 0.25) is 0 Å². The normalized spacial score (nSPS) is 34.1. The lowest BCUT2D eigenvalue weighted by atomic mass is 10.4. The molecule has 0 saturated carbocycles. The first-order chi connectivity index (χ1) is 4.13. The molecule has 1 rings (SSSR count). The van der Waals surface area contributed by atoms with Gasteiger partial charge in [0.2, 0.25) is 5.78 Å². The number of ketones is 1. The largest absolute Gasteiger partial charge is 0.370 e. The van der Waals surface area contributed by atoms with Crippen molar-refractivity contribution < 1.29 is 9.90 Å². The highest BCUT2D eigenvalue weighted by Gasteiger charge is 2.36. The van der Waals surface area contributed by atoms with Gasteiger partial charge in [0.15, 0.2) is 10.9 Å². The molecule has 0 radical (unpaired) electrons. The van der Waals surface area contributed by atoms with Gasteiger partial charge in [-0.05, 0) is 11.9 Å². The zero-order valence-corrected chi connectivity index (χ0v) is 7.54. The van der Waals surface area contributed by atoms with Gasteiger partial charge in [-0.25, -0.2) is 4.31 Å². The van der Waals surface area contributed by atoms with E-state index in [1.54, 1.807) is 7.05 Å². The Morgan fingerprint density at radius 1 is 1.80 bits per heavy atom. The maximum Gasteiger partial charge on any atom is 0.206 e. The summed E-state index contributed by atoms with van der Waals surface area (Å²) in [5, 5.41) is 8.91. The number of halogens is 2. The summed E-state index contributed by atoms with van der Waals surface area (Å²) in [5.74, 6) is -0.329. The maximum absolute atomic E-state index is 10.7. The zero-order valence-electron chi connectivity index (χ0n) is 5.15. The highest BCUT2D eigenvalue weighted by molar-refractivity contribution is 8.00. The second kappa shape index (κ2) is 3.78. The number of carbonyl (C=O) groups is 1. The fraction of sp³-hybridized carbons (Fsp3) is 0.750. The number of alkyl halides is 1. The highest BCUT2D eigenvalue weighted by atomic mass is 35.5. The summed E-state index contributed by atoms with van der Waals surface area (Å²) >= 11 is 6.60. The van der Waals surface area contributed by atoms with Crippen LogP contribution in [0, 0.1) is 0 Å². The van der Waals surface area contributed by atoms with Crippen molar-refractivity contribution in [3.63, 3.8) is 0 Å². The van der Waals surface area contributed by atoms with Crippen molar-refractivity contribution in [1.29, 1.82) is 0 Å². The Labute approximate surface area is 74.3 Å². The van der Waals surface area contributed by atoms with Crippen LogP contribution in [0.4, 0.5) is 0 Å². The van der Waals surface area contributed by atoms with Gasteiger partial charge in [0.1, 0.15) is 0 Å². The third-order valence-corrected chi connectivity index (χ3v) is 2.49. The average molecular weight is 204 g/mol. The number of carbonyl (C=O) groups excluding carboxylic acids is 1. The monoisotopic (exact) mass is 203 g/mol. The topological polar surface area (TPSA) is 40.5 Å². The molecule has 10 heavy (non-hydrogen) atoms. The van der Waals surface area contributed by atoms with Crippen molar-refractivity contribution in [1.82, 2.24) is 4.31 Å². The minimum atomic E-state index is -1.02. The van der Waals surface area contributed by atoms with Crippen LogP contribution < -0.4 is 0 Å². The standard InChI is InChI=1S/C4H6ClNO2S.ClH/c1-6-4(8)2(7)3(5)9-6;/h3-4,8H,1H3;1H. The lowest BCUT2D eigenvalue weighted by molar-refractivity contribution is -0.128. The van der Waals surface area contributed by atoms with E-state index in [1.165, 1.54) is 4.31 Å². The molecule has 3 nitrogen and oxygen atoms in total. The Bertz CT molecular complexity index is 145. The van der Waals surface area contributed by atoms with Gasteiger partial charge < -0.3 is 5.11 Å². The molecule has 0 amide bonds. The van der Waals surface area contributed by atoms with E-state index in [-0.39, 0.29) is 18.2 Å². The number of aliphatic hydroxyl groups is 1. The number of hydrogen-bond donors (Lipinski definition) is 1. The van der Waals surface area contributed by atoms with Gasteiger partial charge in [-0.1, -0.05) is 0 Å². The summed E-state index contributed by atoms with van der Waals surface area (Å²) in [4.78, 5) is 10.7. The molecule has 0 bridgehead atoms. The number of Topliss-reactive ketones (excluding diaryl/α,β-unsaturated/α-hetero) is 1. The molecule has 0 aliphatic carbocycles. The molecule has 6 heteroatoms. The van der Waals surface area contributed by atoms with E-state index in [2.05, 4.69) is 0 Å². The summed E-state index contributed by atoms with van der Waals surface area (Å²) in [6, 6.07) is 0. The quantitative estimate of drug-likeness (QED) is 0.459. The fourth-order valence-corrected chi connectivity index (χ4v) is 1.78. The molecule has 1 aliphatic heterocycles. The number of aliphatic hydroxyl groups excluding tert-OH is 1. The van der Waals surface area contributed by atoms with Crippen LogP contribution in [0.15, 0.2) is 0 Å². The van der Waals surface area contributed by atoms with E-state index in [4.69, 9.17) is 16.7 Å². The number of nitrogens with zero attached hydrogens (tertiary/aromatic N) is 1. The molecule has 1 heterocycles. The molecule has 1 N–H and O–H groups in total. The molecule has 2 unspecified atom stereocenters. The first-order valence-electron chi connectivity index (χ1n) is 2.38. The van der Waals surface area contributed by atoms with E-state index in [0.717, 1.165) is 11.9 Å². The van der Waals surface area contributed by atoms with Crippen LogP contribution in [0.3, 0.4) is 0 Å². The van der Waals surface area contributed by atoms with Gasteiger partial charge >= 0.3 is 0 Å². The molecule has 1 fully saturated rings. The molecular weight excluding hydrogens is 197 g/mol. The molecule has 0 aromatic heterocycles. The third-order valence-electron chi connectivity index (χ3n) is 1.08. The molecule has 1 saturated heterocycles. The first kappa shape index (κ1) is 10.5. The first-order valence-corrected chi connectivity index (χ1v) is 3.65. The van der Waals surface area contributed by atoms with Crippen LogP contribution in [0.25, 0.3) is 0 Å². The van der Waals surface area contributed by atoms with Gasteiger partial charge in [-0.15, -0.1) is 24.0 Å². The van der Waals surface area contributed by atoms with Crippen molar-refractivity contribution in [2.24, 2.45) is 0 Å². The van der Waals surface area contributed by atoms with E-state index < -0.39 is 10.9 Å². The molecule has 0 aromatic carbocycles. The smallest absolute Gasteiger partial charge is 0.206 e. The van der Waals surface area contributed by atoms with Crippen molar-refractivity contribution in [3.8, 4) is 0 Å². The predicted octanol–water partition coefficient (Wildman–Crippen LogP) is 0.454. The summed E-state index contributed by atoms with van der Waals surface area (Å²) in [7, 11) is 1.62. The summed E-state index contributed by atoms with van der Waals surface area (Å²) < 4.78 is 0.824. The van der Waals surface area contributed by atoms with Crippen LogP contribution in [0.1, 0.15) is 0 Å². The van der Waals surface area contributed by atoms with E-state index in [1.807, 2.05) is 0 Å². The minimum absolute atomic E-state index is 0. The van der Waals surface area contributed by atoms with E-state index in [9.17, 15) is 4.79 Å². The average Bonchev–Trinajstić information content (AvgIpc) is 1.98. The van der Waals surface area contributed by atoms with Crippen LogP contribution >= 0.6 is 36.0 Å². The Balaban J connectivity index is 0.000000810.